The van der Waals surface area contributed by atoms with Crippen LogP contribution in [0.4, 0.5) is 15.9 Å². The molecule has 3 rings (SSSR count). The van der Waals surface area contributed by atoms with Crippen LogP contribution >= 0.6 is 0 Å². The highest BCUT2D eigenvalue weighted by Gasteiger charge is 2.17. The van der Waals surface area contributed by atoms with Gasteiger partial charge < -0.3 is 16.6 Å². The first kappa shape index (κ1) is 16.1. The van der Waals surface area contributed by atoms with E-state index in [0.29, 0.717) is 34.7 Å². The van der Waals surface area contributed by atoms with Crippen molar-refractivity contribution in [3.63, 3.8) is 0 Å². The van der Waals surface area contributed by atoms with E-state index in [-0.39, 0.29) is 12.3 Å². The number of nitrogens with two attached hydrogens (primary N) is 2. The number of nitrogen functional groups attached to an aromatic ring is 2. The van der Waals surface area contributed by atoms with Crippen molar-refractivity contribution in [2.75, 3.05) is 18.1 Å². The number of aryl methyl sites for hydroxylation is 1. The molecule has 126 valence electrons. The van der Waals surface area contributed by atoms with Gasteiger partial charge in [-0.25, -0.2) is 19.0 Å². The first-order chi connectivity index (χ1) is 11.6. The van der Waals surface area contributed by atoms with Gasteiger partial charge in [-0.05, 0) is 31.4 Å². The Kier molecular flexibility index (Phi) is 4.57. The Morgan fingerprint density at radius 2 is 1.96 bits per heavy atom. The molecule has 0 spiro atoms. The molecule has 8 heteroatoms. The van der Waals surface area contributed by atoms with Crippen molar-refractivity contribution in [1.29, 1.82) is 0 Å². The van der Waals surface area contributed by atoms with Crippen molar-refractivity contribution in [1.82, 2.24) is 19.7 Å². The predicted molar refractivity (Wildman–Crippen MR) is 90.5 cm³/mol. The second kappa shape index (κ2) is 6.79. The Balaban J connectivity index is 2.05. The average Bonchev–Trinajstić information content (AvgIpc) is 2.94. The maximum Gasteiger partial charge on any atom is 0.163 e. The SMILES string of the molecule is Nc1ccc(-c2nn(CCCCCO)c3ncnc(N)c23)cc1F. The zero-order valence-electron chi connectivity index (χ0n) is 13.1. The van der Waals surface area contributed by atoms with E-state index >= 15 is 0 Å². The number of aromatic nitrogens is 4. The molecule has 0 atom stereocenters. The van der Waals surface area contributed by atoms with Gasteiger partial charge in [0.1, 0.15) is 23.7 Å². The van der Waals surface area contributed by atoms with Gasteiger partial charge in [0.05, 0.1) is 11.1 Å². The molecule has 0 bridgehead atoms. The van der Waals surface area contributed by atoms with Crippen molar-refractivity contribution in [2.45, 2.75) is 25.8 Å². The summed E-state index contributed by atoms with van der Waals surface area (Å²) in [5, 5.41) is 14.0. The van der Waals surface area contributed by atoms with E-state index < -0.39 is 5.82 Å². The van der Waals surface area contributed by atoms with Gasteiger partial charge in [-0.2, -0.15) is 5.10 Å². The first-order valence-corrected chi connectivity index (χ1v) is 7.75. The minimum absolute atomic E-state index is 0.0794. The third-order valence-corrected chi connectivity index (χ3v) is 3.86. The molecule has 0 radical (unpaired) electrons. The van der Waals surface area contributed by atoms with Crippen LogP contribution in [-0.4, -0.2) is 31.5 Å². The fraction of sp³-hybridized carbons (Fsp3) is 0.312. The summed E-state index contributed by atoms with van der Waals surface area (Å²) in [6, 6.07) is 4.53. The molecule has 0 aliphatic rings. The fourth-order valence-electron chi connectivity index (χ4n) is 2.61. The van der Waals surface area contributed by atoms with Crippen molar-refractivity contribution in [2.24, 2.45) is 0 Å². The molecule has 0 amide bonds. The second-order valence-corrected chi connectivity index (χ2v) is 5.55. The number of fused-ring (bicyclic) bond motifs is 1. The molecular weight excluding hydrogens is 311 g/mol. The third kappa shape index (κ3) is 3.00. The number of hydrogen-bond acceptors (Lipinski definition) is 6. The highest BCUT2D eigenvalue weighted by Crippen LogP contribution is 2.31. The summed E-state index contributed by atoms with van der Waals surface area (Å²) in [4.78, 5) is 8.29. The molecule has 2 aromatic heterocycles. The molecule has 0 fully saturated rings. The van der Waals surface area contributed by atoms with Gasteiger partial charge in [0.2, 0.25) is 0 Å². The number of halogens is 1. The van der Waals surface area contributed by atoms with Crippen LogP contribution in [-0.2, 0) is 6.54 Å². The Bertz CT molecular complexity index is 863. The van der Waals surface area contributed by atoms with E-state index in [4.69, 9.17) is 16.6 Å². The Hall–Kier alpha value is -2.74. The Morgan fingerprint density at radius 1 is 1.12 bits per heavy atom. The van der Waals surface area contributed by atoms with Crippen molar-refractivity contribution in [3.05, 3.63) is 30.3 Å². The van der Waals surface area contributed by atoms with Crippen molar-refractivity contribution < 1.29 is 9.50 Å². The lowest BCUT2D eigenvalue weighted by atomic mass is 10.1. The normalized spacial score (nSPS) is 11.2. The summed E-state index contributed by atoms with van der Waals surface area (Å²) in [5.41, 5.74) is 13.3. The Morgan fingerprint density at radius 3 is 2.71 bits per heavy atom. The summed E-state index contributed by atoms with van der Waals surface area (Å²) in [5.74, 6) is -0.206. The monoisotopic (exact) mass is 330 g/mol. The number of nitrogens with zero attached hydrogens (tertiary/aromatic N) is 4. The van der Waals surface area contributed by atoms with E-state index in [1.54, 1.807) is 10.7 Å². The van der Waals surface area contributed by atoms with Gasteiger partial charge >= 0.3 is 0 Å². The van der Waals surface area contributed by atoms with Crippen LogP contribution in [0, 0.1) is 5.82 Å². The van der Waals surface area contributed by atoms with Crippen LogP contribution in [0.15, 0.2) is 24.5 Å². The number of benzene rings is 1. The van der Waals surface area contributed by atoms with Crippen LogP contribution in [0.5, 0.6) is 0 Å². The minimum Gasteiger partial charge on any atom is -0.396 e. The van der Waals surface area contributed by atoms with Gasteiger partial charge in [0.25, 0.3) is 0 Å². The standard InChI is InChI=1S/C16H19FN6O/c17-11-8-10(4-5-12(11)18)14-13-15(19)20-9-21-16(13)23(22-14)6-2-1-3-7-24/h4-5,8-9,24H,1-3,6-7,18H2,(H2,19,20,21). The zero-order valence-corrected chi connectivity index (χ0v) is 13.1. The molecule has 5 N–H and O–H groups in total. The summed E-state index contributed by atoms with van der Waals surface area (Å²) in [6.07, 6.45) is 3.85. The number of aliphatic hydroxyl groups excluding tert-OH is 1. The van der Waals surface area contributed by atoms with Gasteiger partial charge in [0.15, 0.2) is 5.65 Å². The van der Waals surface area contributed by atoms with Crippen LogP contribution in [0.1, 0.15) is 19.3 Å². The average molecular weight is 330 g/mol. The van der Waals surface area contributed by atoms with Gasteiger partial charge in [-0.3, -0.25) is 0 Å². The van der Waals surface area contributed by atoms with Crippen LogP contribution in [0.2, 0.25) is 0 Å². The third-order valence-electron chi connectivity index (χ3n) is 3.86. The highest BCUT2D eigenvalue weighted by molar-refractivity contribution is 5.98. The highest BCUT2D eigenvalue weighted by atomic mass is 19.1. The van der Waals surface area contributed by atoms with E-state index in [0.717, 1.165) is 19.3 Å². The largest absolute Gasteiger partial charge is 0.396 e. The predicted octanol–water partition coefficient (Wildman–Crippen LogP) is 1.96. The summed E-state index contributed by atoms with van der Waals surface area (Å²) in [7, 11) is 0. The fourth-order valence-corrected chi connectivity index (χ4v) is 2.61. The second-order valence-electron chi connectivity index (χ2n) is 5.55. The topological polar surface area (TPSA) is 116 Å². The van der Waals surface area contributed by atoms with E-state index in [1.165, 1.54) is 18.5 Å². The lowest BCUT2D eigenvalue weighted by Crippen LogP contribution is -2.02. The van der Waals surface area contributed by atoms with Crippen molar-refractivity contribution in [3.8, 4) is 11.3 Å². The van der Waals surface area contributed by atoms with Gasteiger partial charge in [-0.15, -0.1) is 0 Å². The molecule has 7 nitrogen and oxygen atoms in total. The molecule has 2 heterocycles. The molecule has 0 unspecified atom stereocenters. The quantitative estimate of drug-likeness (QED) is 0.470. The lowest BCUT2D eigenvalue weighted by Gasteiger charge is -2.02. The number of unbranched alkanes of at least 4 members (excludes halogenated alkanes) is 2. The molecule has 0 aliphatic heterocycles. The van der Waals surface area contributed by atoms with E-state index in [2.05, 4.69) is 15.1 Å². The van der Waals surface area contributed by atoms with Crippen LogP contribution in [0.25, 0.3) is 22.3 Å². The number of hydrogen-bond donors (Lipinski definition) is 3. The molecule has 0 saturated heterocycles. The molecule has 24 heavy (non-hydrogen) atoms. The van der Waals surface area contributed by atoms with Crippen LogP contribution in [0.3, 0.4) is 0 Å². The summed E-state index contributed by atoms with van der Waals surface area (Å²) < 4.78 is 15.6. The molecule has 3 aromatic rings. The molecule has 1 aromatic carbocycles. The van der Waals surface area contributed by atoms with Gasteiger partial charge in [0, 0.05) is 18.7 Å². The molecular formula is C16H19FN6O. The smallest absolute Gasteiger partial charge is 0.163 e. The number of anilines is 2. The maximum absolute atomic E-state index is 13.8. The number of aliphatic hydroxyl groups is 1. The summed E-state index contributed by atoms with van der Waals surface area (Å²) >= 11 is 0. The first-order valence-electron chi connectivity index (χ1n) is 7.75. The zero-order chi connectivity index (χ0) is 17.1. The van der Waals surface area contributed by atoms with Crippen LogP contribution < -0.4 is 11.5 Å². The molecule has 0 aliphatic carbocycles. The number of rotatable bonds is 6. The van der Waals surface area contributed by atoms with E-state index in [1.807, 2.05) is 0 Å². The maximum atomic E-state index is 13.8. The van der Waals surface area contributed by atoms with Gasteiger partial charge in [-0.1, -0.05) is 6.07 Å². The minimum atomic E-state index is -0.506. The lowest BCUT2D eigenvalue weighted by molar-refractivity contribution is 0.281. The Labute approximate surface area is 138 Å². The molecule has 0 saturated carbocycles. The summed E-state index contributed by atoms with van der Waals surface area (Å²) in [6.45, 7) is 0.801. The van der Waals surface area contributed by atoms with Crippen molar-refractivity contribution >= 4 is 22.5 Å². The van der Waals surface area contributed by atoms with E-state index in [9.17, 15) is 4.39 Å².